The maximum absolute atomic E-state index is 13.7. The number of rotatable bonds is 8. The number of nitrogens with zero attached hydrogens (tertiary/aromatic N) is 2. The Balaban J connectivity index is 1.48. The van der Waals surface area contributed by atoms with Crippen LogP contribution in [-0.2, 0) is 11.4 Å². The molecule has 4 aromatic carbocycles. The van der Waals surface area contributed by atoms with Crippen molar-refractivity contribution in [2.45, 2.75) is 13.5 Å². The molecule has 0 aliphatic carbocycles. The van der Waals surface area contributed by atoms with Gasteiger partial charge in [-0.15, -0.1) is 0 Å². The van der Waals surface area contributed by atoms with Crippen LogP contribution in [0.3, 0.4) is 0 Å². The summed E-state index contributed by atoms with van der Waals surface area (Å²) in [6.45, 7) is 2.63. The largest absolute Gasteiger partial charge is 0.490 e. The Morgan fingerprint density at radius 1 is 0.902 bits per heavy atom. The zero-order valence-corrected chi connectivity index (χ0v) is 26.3. The lowest BCUT2D eigenvalue weighted by Crippen LogP contribution is -2.28. The van der Waals surface area contributed by atoms with Gasteiger partial charge < -0.3 is 9.47 Å². The van der Waals surface area contributed by atoms with Crippen LogP contribution in [0.4, 0.5) is 11.4 Å². The first-order valence-electron chi connectivity index (χ1n) is 12.5. The van der Waals surface area contributed by atoms with Gasteiger partial charge in [-0.2, -0.15) is 0 Å². The average molecular weight is 689 g/mol. The van der Waals surface area contributed by atoms with Crippen molar-refractivity contribution in [2.75, 3.05) is 11.5 Å². The van der Waals surface area contributed by atoms with Crippen molar-refractivity contribution in [2.24, 2.45) is 4.99 Å². The fraction of sp³-hybridized carbons (Fsp3) is 0.0968. The second kappa shape index (κ2) is 13.4. The van der Waals surface area contributed by atoms with Crippen molar-refractivity contribution < 1.29 is 14.3 Å². The Morgan fingerprint density at radius 2 is 1.56 bits per heavy atom. The minimum absolute atomic E-state index is 0.227. The highest BCUT2D eigenvalue weighted by Gasteiger charge is 2.35. The molecule has 208 valence electrons. The van der Waals surface area contributed by atoms with E-state index >= 15 is 0 Å². The van der Waals surface area contributed by atoms with Gasteiger partial charge in [-0.3, -0.25) is 9.69 Å². The fourth-order valence-electron chi connectivity index (χ4n) is 3.95. The minimum Gasteiger partial charge on any atom is -0.490 e. The van der Waals surface area contributed by atoms with Crippen LogP contribution in [0.1, 0.15) is 18.1 Å². The monoisotopic (exact) mass is 686 g/mol. The number of carbonyl (C=O) groups excluding carboxylic acids is 1. The van der Waals surface area contributed by atoms with E-state index in [4.69, 9.17) is 49.3 Å². The molecule has 0 spiro atoms. The van der Waals surface area contributed by atoms with Crippen LogP contribution in [0.2, 0.25) is 15.1 Å². The van der Waals surface area contributed by atoms with Crippen LogP contribution in [-0.4, -0.2) is 17.7 Å². The maximum Gasteiger partial charge on any atom is 0.271 e. The van der Waals surface area contributed by atoms with E-state index in [1.807, 2.05) is 37.3 Å². The molecule has 10 heteroatoms. The molecule has 0 atom stereocenters. The van der Waals surface area contributed by atoms with E-state index in [0.717, 1.165) is 10.0 Å². The number of benzene rings is 4. The number of carbonyl (C=O) groups is 1. The van der Waals surface area contributed by atoms with Gasteiger partial charge in [-0.25, -0.2) is 4.99 Å². The van der Waals surface area contributed by atoms with Crippen LogP contribution < -0.4 is 14.4 Å². The molecule has 1 heterocycles. The molecule has 1 saturated heterocycles. The van der Waals surface area contributed by atoms with Crippen molar-refractivity contribution >= 4 is 91.0 Å². The Kier molecular flexibility index (Phi) is 9.63. The fourth-order valence-corrected chi connectivity index (χ4v) is 5.75. The van der Waals surface area contributed by atoms with Crippen molar-refractivity contribution in [3.63, 3.8) is 0 Å². The molecular formula is C31H22BrCl3N2O3S. The van der Waals surface area contributed by atoms with Crippen molar-refractivity contribution in [3.8, 4) is 11.5 Å². The van der Waals surface area contributed by atoms with Gasteiger partial charge in [0.2, 0.25) is 0 Å². The molecule has 1 amide bonds. The van der Waals surface area contributed by atoms with E-state index in [1.165, 1.54) is 11.8 Å². The highest BCUT2D eigenvalue weighted by molar-refractivity contribution is 9.10. The summed E-state index contributed by atoms with van der Waals surface area (Å²) in [6, 6.07) is 25.5. The molecule has 0 aromatic heterocycles. The number of hydrogen-bond acceptors (Lipinski definition) is 5. The summed E-state index contributed by atoms with van der Waals surface area (Å²) in [4.78, 5) is 20.5. The van der Waals surface area contributed by atoms with Crippen LogP contribution in [0.15, 0.2) is 99.3 Å². The minimum atomic E-state index is -0.227. The maximum atomic E-state index is 13.7. The lowest BCUT2D eigenvalue weighted by Gasteiger charge is -2.16. The lowest BCUT2D eigenvalue weighted by molar-refractivity contribution is -0.113. The second-order valence-electron chi connectivity index (χ2n) is 8.78. The first kappa shape index (κ1) is 29.5. The Morgan fingerprint density at radius 3 is 2.22 bits per heavy atom. The number of ether oxygens (including phenoxy) is 2. The van der Waals surface area contributed by atoms with Gasteiger partial charge in [0.1, 0.15) is 6.61 Å². The van der Waals surface area contributed by atoms with Gasteiger partial charge >= 0.3 is 0 Å². The van der Waals surface area contributed by atoms with E-state index < -0.39 is 0 Å². The first-order chi connectivity index (χ1) is 19.8. The third kappa shape index (κ3) is 7.29. The van der Waals surface area contributed by atoms with Gasteiger partial charge in [0.25, 0.3) is 5.91 Å². The van der Waals surface area contributed by atoms with Crippen LogP contribution >= 0.6 is 62.5 Å². The summed E-state index contributed by atoms with van der Waals surface area (Å²) in [7, 11) is 0. The third-order valence-electron chi connectivity index (χ3n) is 5.87. The molecule has 0 unspecified atom stereocenters. The molecule has 0 radical (unpaired) electrons. The normalized spacial score (nSPS) is 15.1. The molecule has 4 aromatic rings. The number of anilines is 1. The average Bonchev–Trinajstić information content (AvgIpc) is 3.25. The van der Waals surface area contributed by atoms with Crippen LogP contribution in [0.25, 0.3) is 6.08 Å². The van der Waals surface area contributed by atoms with Gasteiger partial charge in [0, 0.05) is 14.5 Å². The molecule has 41 heavy (non-hydrogen) atoms. The van der Waals surface area contributed by atoms with Gasteiger partial charge in [-0.05, 0) is 109 Å². The number of amidine groups is 1. The van der Waals surface area contributed by atoms with Gasteiger partial charge in [-0.1, -0.05) is 62.9 Å². The highest BCUT2D eigenvalue weighted by Crippen LogP contribution is 2.41. The molecule has 0 N–H and O–H groups in total. The molecule has 1 fully saturated rings. The Bertz CT molecular complexity index is 1630. The van der Waals surface area contributed by atoms with Crippen molar-refractivity contribution in [1.82, 2.24) is 0 Å². The van der Waals surface area contributed by atoms with Gasteiger partial charge in [0.05, 0.1) is 27.9 Å². The molecule has 5 nitrogen and oxygen atoms in total. The van der Waals surface area contributed by atoms with Crippen molar-refractivity contribution in [3.05, 3.63) is 121 Å². The quantitative estimate of drug-likeness (QED) is 0.173. The summed E-state index contributed by atoms with van der Waals surface area (Å²) in [6.07, 6.45) is 1.77. The van der Waals surface area contributed by atoms with E-state index in [2.05, 4.69) is 15.9 Å². The second-order valence-corrected chi connectivity index (χ2v) is 12.0. The Hall–Kier alpha value is -2.94. The molecule has 0 saturated carbocycles. The third-order valence-corrected chi connectivity index (χ3v) is 8.15. The smallest absolute Gasteiger partial charge is 0.271 e. The van der Waals surface area contributed by atoms with E-state index in [9.17, 15) is 4.79 Å². The first-order valence-corrected chi connectivity index (χ1v) is 15.2. The molecular weight excluding hydrogens is 667 g/mol. The molecule has 0 bridgehead atoms. The van der Waals surface area contributed by atoms with Gasteiger partial charge in [0.15, 0.2) is 16.7 Å². The number of halogens is 4. The standard InChI is InChI=1S/C31H22BrCl3N2O3S/c1-2-39-27-16-20(15-26(35)29(27)40-18-19-3-5-21(32)6-4-19)17-28-30(38)37(25-13-9-23(34)10-14-25)31(41-28)36-24-11-7-22(33)8-12-24/h3-17H,2,18H2,1H3/b28-17-,36-31?. The van der Waals surface area contributed by atoms with Crippen LogP contribution in [0, 0.1) is 0 Å². The summed E-state index contributed by atoms with van der Waals surface area (Å²) in [5.41, 5.74) is 2.99. The van der Waals surface area contributed by atoms with E-state index in [-0.39, 0.29) is 5.91 Å². The highest BCUT2D eigenvalue weighted by atomic mass is 79.9. The topological polar surface area (TPSA) is 51.1 Å². The van der Waals surface area contributed by atoms with E-state index in [0.29, 0.717) is 66.8 Å². The zero-order valence-electron chi connectivity index (χ0n) is 21.6. The number of aliphatic imine (C=N–C) groups is 1. The predicted octanol–water partition coefficient (Wildman–Crippen LogP) is 10.2. The number of amides is 1. The SMILES string of the molecule is CCOc1cc(/C=C2\SC(=Nc3ccc(Cl)cc3)N(c3ccc(Cl)cc3)C2=O)cc(Cl)c1OCc1ccc(Br)cc1. The summed E-state index contributed by atoms with van der Waals surface area (Å²) in [5, 5.41) is 2.04. The van der Waals surface area contributed by atoms with Crippen molar-refractivity contribution in [1.29, 1.82) is 0 Å². The number of thioether (sulfide) groups is 1. The number of hydrogen-bond donors (Lipinski definition) is 0. The molecule has 5 rings (SSSR count). The summed E-state index contributed by atoms with van der Waals surface area (Å²) >= 11 is 23.5. The zero-order chi connectivity index (χ0) is 28.9. The summed E-state index contributed by atoms with van der Waals surface area (Å²) in [5.74, 6) is 0.704. The lowest BCUT2D eigenvalue weighted by atomic mass is 10.1. The van der Waals surface area contributed by atoms with Crippen LogP contribution in [0.5, 0.6) is 11.5 Å². The molecule has 1 aliphatic rings. The van der Waals surface area contributed by atoms with E-state index in [1.54, 1.807) is 65.6 Å². The predicted molar refractivity (Wildman–Crippen MR) is 174 cm³/mol. The Labute approximate surface area is 265 Å². The molecule has 1 aliphatic heterocycles. The summed E-state index contributed by atoms with van der Waals surface area (Å²) < 4.78 is 12.9.